The van der Waals surface area contributed by atoms with Crippen molar-refractivity contribution in [1.82, 2.24) is 4.98 Å². The van der Waals surface area contributed by atoms with E-state index in [9.17, 15) is 9.18 Å². The van der Waals surface area contributed by atoms with E-state index in [4.69, 9.17) is 9.47 Å². The van der Waals surface area contributed by atoms with Crippen LogP contribution in [0.2, 0.25) is 0 Å². The second-order valence-electron chi connectivity index (χ2n) is 4.78. The van der Waals surface area contributed by atoms with E-state index in [2.05, 4.69) is 4.98 Å². The summed E-state index contributed by atoms with van der Waals surface area (Å²) in [5, 5.41) is 0. The monoisotopic (exact) mass is 296 g/mol. The van der Waals surface area contributed by atoms with Gasteiger partial charge in [-0.2, -0.15) is 0 Å². The average Bonchev–Trinajstić information content (AvgIpc) is 3.15. The third-order valence-corrected chi connectivity index (χ3v) is 3.50. The van der Waals surface area contributed by atoms with Crippen molar-refractivity contribution in [2.45, 2.75) is 39.7 Å². The highest BCUT2D eigenvalue weighted by Gasteiger charge is 2.29. The molecule has 2 aliphatic heterocycles. The minimum atomic E-state index is -0.864. The SMILES string of the molecule is CC.COC(=O)c1cc2c(nc1N1CC[C@H](F)C1)COC2. The van der Waals surface area contributed by atoms with Crippen LogP contribution in [0.4, 0.5) is 10.2 Å². The van der Waals surface area contributed by atoms with Gasteiger partial charge >= 0.3 is 5.97 Å². The molecular formula is C15H21FN2O3. The number of fused-ring (bicyclic) bond motifs is 1. The standard InChI is InChI=1S/C13H15FN2O3.C2H6/c1-18-13(17)10-4-8-6-19-7-11(8)15-12(10)16-3-2-9(14)5-16;1-2/h4,9H,2-3,5-7H2,1H3;1-2H3/t9-;/m0./s1. The average molecular weight is 296 g/mol. The van der Waals surface area contributed by atoms with E-state index in [0.717, 1.165) is 11.3 Å². The summed E-state index contributed by atoms with van der Waals surface area (Å²) in [7, 11) is 1.33. The van der Waals surface area contributed by atoms with Gasteiger partial charge in [0.25, 0.3) is 0 Å². The van der Waals surface area contributed by atoms with Crippen molar-refractivity contribution >= 4 is 11.8 Å². The van der Waals surface area contributed by atoms with Gasteiger partial charge in [-0.1, -0.05) is 13.8 Å². The number of aromatic nitrogens is 1. The van der Waals surface area contributed by atoms with Gasteiger partial charge in [0.2, 0.25) is 0 Å². The van der Waals surface area contributed by atoms with Gasteiger partial charge in [0, 0.05) is 12.1 Å². The van der Waals surface area contributed by atoms with Crippen LogP contribution in [0.15, 0.2) is 6.07 Å². The van der Waals surface area contributed by atoms with Crippen LogP contribution in [-0.2, 0) is 22.7 Å². The number of halogens is 1. The summed E-state index contributed by atoms with van der Waals surface area (Å²) in [5.41, 5.74) is 2.12. The fourth-order valence-corrected chi connectivity index (χ4v) is 2.50. The van der Waals surface area contributed by atoms with Gasteiger partial charge in [0.1, 0.15) is 17.6 Å². The Morgan fingerprint density at radius 2 is 2.24 bits per heavy atom. The van der Waals surface area contributed by atoms with Gasteiger partial charge in [-0.25, -0.2) is 14.2 Å². The number of nitrogens with zero attached hydrogens (tertiary/aromatic N) is 2. The normalized spacial score (nSPS) is 19.8. The molecule has 1 aromatic rings. The molecular weight excluding hydrogens is 275 g/mol. The molecule has 1 atom stereocenters. The molecule has 5 nitrogen and oxygen atoms in total. The van der Waals surface area contributed by atoms with E-state index in [-0.39, 0.29) is 6.54 Å². The largest absolute Gasteiger partial charge is 0.465 e. The van der Waals surface area contributed by atoms with Gasteiger partial charge < -0.3 is 14.4 Å². The van der Waals surface area contributed by atoms with Crippen molar-refractivity contribution < 1.29 is 18.7 Å². The van der Waals surface area contributed by atoms with Crippen molar-refractivity contribution in [2.24, 2.45) is 0 Å². The molecule has 0 saturated carbocycles. The lowest BCUT2D eigenvalue weighted by Crippen LogP contribution is -2.24. The molecule has 0 radical (unpaired) electrons. The Labute approximate surface area is 124 Å². The summed E-state index contributed by atoms with van der Waals surface area (Å²) in [4.78, 5) is 18.1. The molecule has 3 heterocycles. The number of rotatable bonds is 2. The fraction of sp³-hybridized carbons (Fsp3) is 0.600. The highest BCUT2D eigenvalue weighted by Crippen LogP contribution is 2.29. The summed E-state index contributed by atoms with van der Waals surface area (Å²) in [6.07, 6.45) is -0.396. The molecule has 0 aromatic carbocycles. The highest BCUT2D eigenvalue weighted by molar-refractivity contribution is 5.95. The topological polar surface area (TPSA) is 51.7 Å². The van der Waals surface area contributed by atoms with Crippen LogP contribution in [0, 0.1) is 0 Å². The zero-order valence-electron chi connectivity index (χ0n) is 12.7. The van der Waals surface area contributed by atoms with Crippen LogP contribution < -0.4 is 4.90 Å². The van der Waals surface area contributed by atoms with E-state index in [1.54, 1.807) is 11.0 Å². The van der Waals surface area contributed by atoms with Gasteiger partial charge in [0.05, 0.1) is 32.6 Å². The minimum absolute atomic E-state index is 0.274. The van der Waals surface area contributed by atoms with Crippen LogP contribution >= 0.6 is 0 Å². The molecule has 0 bridgehead atoms. The molecule has 116 valence electrons. The molecule has 1 fully saturated rings. The van der Waals surface area contributed by atoms with E-state index < -0.39 is 12.1 Å². The molecule has 3 rings (SSSR count). The number of hydrogen-bond donors (Lipinski definition) is 0. The predicted octanol–water partition coefficient (Wildman–Crippen LogP) is 2.47. The maximum Gasteiger partial charge on any atom is 0.341 e. The van der Waals surface area contributed by atoms with E-state index in [1.807, 2.05) is 13.8 Å². The Hall–Kier alpha value is -1.69. The van der Waals surface area contributed by atoms with Crippen LogP contribution in [-0.4, -0.2) is 37.3 Å². The number of pyridine rings is 1. The summed E-state index contributed by atoms with van der Waals surface area (Å²) in [6, 6.07) is 1.75. The predicted molar refractivity (Wildman–Crippen MR) is 77.1 cm³/mol. The van der Waals surface area contributed by atoms with Crippen molar-refractivity contribution in [1.29, 1.82) is 0 Å². The first-order valence-corrected chi connectivity index (χ1v) is 7.27. The third kappa shape index (κ3) is 3.15. The zero-order valence-corrected chi connectivity index (χ0v) is 12.7. The van der Waals surface area contributed by atoms with Gasteiger partial charge in [-0.3, -0.25) is 0 Å². The van der Waals surface area contributed by atoms with Crippen LogP contribution in [0.1, 0.15) is 41.9 Å². The maximum absolute atomic E-state index is 13.3. The molecule has 2 aliphatic rings. The van der Waals surface area contributed by atoms with E-state index in [1.165, 1.54) is 7.11 Å². The lowest BCUT2D eigenvalue weighted by molar-refractivity contribution is 0.0601. The second-order valence-corrected chi connectivity index (χ2v) is 4.78. The van der Waals surface area contributed by atoms with Crippen LogP contribution in [0.25, 0.3) is 0 Å². The Morgan fingerprint density at radius 1 is 1.48 bits per heavy atom. The van der Waals surface area contributed by atoms with Crippen LogP contribution in [0.3, 0.4) is 0 Å². The Kier molecular flexibility index (Phi) is 5.12. The Morgan fingerprint density at radius 3 is 2.86 bits per heavy atom. The fourth-order valence-electron chi connectivity index (χ4n) is 2.50. The molecule has 0 spiro atoms. The first-order chi connectivity index (χ1) is 10.2. The Bertz CT molecular complexity index is 522. The molecule has 21 heavy (non-hydrogen) atoms. The van der Waals surface area contributed by atoms with Crippen molar-refractivity contribution in [3.8, 4) is 0 Å². The maximum atomic E-state index is 13.3. The molecule has 1 saturated heterocycles. The number of carbonyl (C=O) groups is 1. The van der Waals surface area contributed by atoms with Crippen molar-refractivity contribution in [3.63, 3.8) is 0 Å². The summed E-state index contributed by atoms with van der Waals surface area (Å²) in [6.45, 7) is 5.74. The van der Waals surface area contributed by atoms with Crippen molar-refractivity contribution in [3.05, 3.63) is 22.9 Å². The van der Waals surface area contributed by atoms with Gasteiger partial charge in [0.15, 0.2) is 0 Å². The Balaban J connectivity index is 0.000000774. The van der Waals surface area contributed by atoms with E-state index in [0.29, 0.717) is 37.6 Å². The van der Waals surface area contributed by atoms with E-state index >= 15 is 0 Å². The second kappa shape index (κ2) is 6.85. The number of carbonyl (C=O) groups excluding carboxylic acids is 1. The number of alkyl halides is 1. The molecule has 0 N–H and O–H groups in total. The first-order valence-electron chi connectivity index (χ1n) is 7.27. The molecule has 0 aliphatic carbocycles. The number of hydrogen-bond acceptors (Lipinski definition) is 5. The summed E-state index contributed by atoms with van der Waals surface area (Å²) in [5.74, 6) is 0.0655. The van der Waals surface area contributed by atoms with Gasteiger partial charge in [-0.15, -0.1) is 0 Å². The number of ether oxygens (including phenoxy) is 2. The number of methoxy groups -OCH3 is 1. The lowest BCUT2D eigenvalue weighted by atomic mass is 10.1. The molecule has 0 amide bonds. The smallest absolute Gasteiger partial charge is 0.341 e. The summed E-state index contributed by atoms with van der Waals surface area (Å²) >= 11 is 0. The van der Waals surface area contributed by atoms with Crippen LogP contribution in [0.5, 0.6) is 0 Å². The minimum Gasteiger partial charge on any atom is -0.465 e. The third-order valence-electron chi connectivity index (χ3n) is 3.50. The molecule has 0 unspecified atom stereocenters. The molecule has 1 aromatic heterocycles. The van der Waals surface area contributed by atoms with Crippen molar-refractivity contribution in [2.75, 3.05) is 25.1 Å². The number of anilines is 1. The van der Waals surface area contributed by atoms with Gasteiger partial charge in [-0.05, 0) is 12.5 Å². The lowest BCUT2D eigenvalue weighted by Gasteiger charge is -2.20. The highest BCUT2D eigenvalue weighted by atomic mass is 19.1. The summed E-state index contributed by atoms with van der Waals surface area (Å²) < 4.78 is 23.4. The molecule has 6 heteroatoms. The first kappa shape index (κ1) is 15.7. The zero-order chi connectivity index (χ0) is 15.4. The number of esters is 1. The quantitative estimate of drug-likeness (QED) is 0.785.